The molecule has 1 aromatic rings. The van der Waals surface area contributed by atoms with Crippen molar-refractivity contribution in [1.82, 2.24) is 0 Å². The summed E-state index contributed by atoms with van der Waals surface area (Å²) >= 11 is 0. The molecule has 0 saturated carbocycles. The maximum Gasteiger partial charge on any atom is 0.221 e. The van der Waals surface area contributed by atoms with Gasteiger partial charge in [0.15, 0.2) is 0 Å². The molecule has 0 aliphatic heterocycles. The minimum atomic E-state index is -0.375. The van der Waals surface area contributed by atoms with Crippen LogP contribution in [0.2, 0.25) is 0 Å². The number of rotatable bonds is 3. The Kier molecular flexibility index (Phi) is 3.40. The molecule has 0 radical (unpaired) electrons. The Bertz CT molecular complexity index is 372. The first-order valence-corrected chi connectivity index (χ1v) is 4.30. The van der Waals surface area contributed by atoms with Crippen molar-refractivity contribution >= 4 is 12.0 Å². The zero-order chi connectivity index (χ0) is 10.6. The van der Waals surface area contributed by atoms with Crippen molar-refractivity contribution in [3.8, 4) is 0 Å². The smallest absolute Gasteiger partial charge is 0.221 e. The van der Waals surface area contributed by atoms with Crippen LogP contribution in [0.15, 0.2) is 24.3 Å². The number of hydrogen-bond donors (Lipinski definition) is 1. The van der Waals surface area contributed by atoms with Crippen molar-refractivity contribution in [3.63, 3.8) is 0 Å². The highest BCUT2D eigenvalue weighted by atomic mass is 19.1. The second-order valence-electron chi connectivity index (χ2n) is 3.08. The van der Waals surface area contributed by atoms with Gasteiger partial charge in [0.25, 0.3) is 0 Å². The first-order chi connectivity index (χ1) is 6.59. The van der Waals surface area contributed by atoms with Crippen molar-refractivity contribution in [2.24, 2.45) is 5.73 Å². The van der Waals surface area contributed by atoms with Gasteiger partial charge in [-0.05, 0) is 30.2 Å². The number of halogens is 1. The van der Waals surface area contributed by atoms with Crippen molar-refractivity contribution in [2.45, 2.75) is 13.3 Å². The van der Waals surface area contributed by atoms with E-state index < -0.39 is 0 Å². The highest BCUT2D eigenvalue weighted by Gasteiger charge is 1.96. The summed E-state index contributed by atoms with van der Waals surface area (Å²) in [4.78, 5) is 10.4. The normalized spacial score (nSPS) is 10.7. The highest BCUT2D eigenvalue weighted by Crippen LogP contribution is 2.10. The summed E-state index contributed by atoms with van der Waals surface area (Å²) in [5.41, 5.74) is 6.42. The topological polar surface area (TPSA) is 43.1 Å². The van der Waals surface area contributed by atoms with Crippen LogP contribution < -0.4 is 5.73 Å². The molecule has 1 amide bonds. The van der Waals surface area contributed by atoms with Gasteiger partial charge in [0, 0.05) is 6.42 Å². The van der Waals surface area contributed by atoms with Crippen LogP contribution in [0.3, 0.4) is 0 Å². The highest BCUT2D eigenvalue weighted by molar-refractivity contribution is 5.76. The number of primary amides is 1. The summed E-state index contributed by atoms with van der Waals surface area (Å²) in [5.74, 6) is -0.600. The molecule has 0 aromatic heterocycles. The molecule has 0 heterocycles. The molecule has 1 rings (SSSR count). The van der Waals surface area contributed by atoms with Crippen LogP contribution in [-0.2, 0) is 4.79 Å². The van der Waals surface area contributed by atoms with E-state index in [1.54, 1.807) is 31.2 Å². The third-order valence-electron chi connectivity index (χ3n) is 1.81. The number of benzene rings is 1. The summed E-state index contributed by atoms with van der Waals surface area (Å²) in [6.45, 7) is 1.70. The lowest BCUT2D eigenvalue weighted by atomic mass is 10.1. The Morgan fingerprint density at radius 1 is 1.57 bits per heavy atom. The fraction of sp³-hybridized carbons (Fsp3) is 0.182. The first-order valence-electron chi connectivity index (χ1n) is 4.30. The van der Waals surface area contributed by atoms with E-state index >= 15 is 0 Å². The Labute approximate surface area is 82.2 Å². The van der Waals surface area contributed by atoms with Crippen LogP contribution in [0, 0.1) is 12.7 Å². The van der Waals surface area contributed by atoms with E-state index in [4.69, 9.17) is 5.73 Å². The Balaban J connectivity index is 2.73. The second-order valence-corrected chi connectivity index (χ2v) is 3.08. The Hall–Kier alpha value is -1.64. The average Bonchev–Trinajstić information content (AvgIpc) is 2.10. The van der Waals surface area contributed by atoms with Gasteiger partial charge < -0.3 is 5.73 Å². The summed E-state index contributed by atoms with van der Waals surface area (Å²) in [6.07, 6.45) is 3.61. The van der Waals surface area contributed by atoms with Crippen LogP contribution in [0.25, 0.3) is 6.08 Å². The number of hydrogen-bond acceptors (Lipinski definition) is 1. The first kappa shape index (κ1) is 10.4. The molecule has 1 aromatic carbocycles. The minimum absolute atomic E-state index is 0.205. The van der Waals surface area contributed by atoms with Crippen LogP contribution in [0.1, 0.15) is 17.5 Å². The van der Waals surface area contributed by atoms with Crippen molar-refractivity contribution < 1.29 is 9.18 Å². The van der Waals surface area contributed by atoms with Crippen LogP contribution in [-0.4, -0.2) is 5.91 Å². The number of carbonyl (C=O) groups excluding carboxylic acids is 1. The predicted octanol–water partition coefficient (Wildman–Crippen LogP) is 2.02. The fourth-order valence-electron chi connectivity index (χ4n) is 1.08. The van der Waals surface area contributed by atoms with Crippen molar-refractivity contribution in [2.75, 3.05) is 0 Å². The quantitative estimate of drug-likeness (QED) is 0.784. The molecule has 2 N–H and O–H groups in total. The Morgan fingerprint density at radius 3 is 2.86 bits per heavy atom. The molecule has 0 saturated heterocycles. The van der Waals surface area contributed by atoms with Crippen LogP contribution in [0.4, 0.5) is 4.39 Å². The SMILES string of the molecule is Cc1cc(C=CCC(N)=O)ccc1F. The van der Waals surface area contributed by atoms with Gasteiger partial charge in [-0.2, -0.15) is 0 Å². The monoisotopic (exact) mass is 193 g/mol. The Morgan fingerprint density at radius 2 is 2.29 bits per heavy atom. The van der Waals surface area contributed by atoms with E-state index in [0.29, 0.717) is 5.56 Å². The van der Waals surface area contributed by atoms with E-state index in [9.17, 15) is 9.18 Å². The van der Waals surface area contributed by atoms with Gasteiger partial charge >= 0.3 is 0 Å². The zero-order valence-corrected chi connectivity index (χ0v) is 7.96. The van der Waals surface area contributed by atoms with E-state index in [-0.39, 0.29) is 18.1 Å². The zero-order valence-electron chi connectivity index (χ0n) is 7.96. The van der Waals surface area contributed by atoms with Gasteiger partial charge in [-0.3, -0.25) is 4.79 Å². The molecular formula is C11H12FNO. The molecule has 0 bridgehead atoms. The minimum Gasteiger partial charge on any atom is -0.369 e. The lowest BCUT2D eigenvalue weighted by Crippen LogP contribution is -2.07. The molecule has 0 spiro atoms. The maximum atomic E-state index is 12.9. The summed E-state index contributed by atoms with van der Waals surface area (Å²) in [6, 6.07) is 4.77. The van der Waals surface area contributed by atoms with Crippen LogP contribution >= 0.6 is 0 Å². The number of nitrogens with two attached hydrogens (primary N) is 1. The average molecular weight is 193 g/mol. The molecule has 3 heteroatoms. The van der Waals surface area contributed by atoms with E-state index in [1.807, 2.05) is 0 Å². The molecule has 0 atom stereocenters. The van der Waals surface area contributed by atoms with Crippen LogP contribution in [0.5, 0.6) is 0 Å². The molecular weight excluding hydrogens is 181 g/mol. The van der Waals surface area contributed by atoms with E-state index in [1.165, 1.54) is 6.07 Å². The summed E-state index contributed by atoms with van der Waals surface area (Å²) < 4.78 is 12.9. The number of carbonyl (C=O) groups is 1. The second kappa shape index (κ2) is 4.56. The molecule has 2 nitrogen and oxygen atoms in total. The standard InChI is InChI=1S/C11H12FNO/c1-8-7-9(5-6-10(8)12)3-2-4-11(13)14/h2-3,5-7H,4H2,1H3,(H2,13,14). The van der Waals surface area contributed by atoms with Gasteiger partial charge in [0.1, 0.15) is 5.82 Å². The van der Waals surface area contributed by atoms with Gasteiger partial charge in [0.2, 0.25) is 5.91 Å². The number of aryl methyl sites for hydroxylation is 1. The largest absolute Gasteiger partial charge is 0.369 e. The van der Waals surface area contributed by atoms with Gasteiger partial charge in [-0.1, -0.05) is 18.2 Å². The fourth-order valence-corrected chi connectivity index (χ4v) is 1.08. The predicted molar refractivity (Wildman–Crippen MR) is 54.0 cm³/mol. The molecule has 0 fully saturated rings. The molecule has 74 valence electrons. The number of amides is 1. The molecule has 0 unspecified atom stereocenters. The third kappa shape index (κ3) is 3.01. The van der Waals surface area contributed by atoms with Crippen molar-refractivity contribution in [3.05, 3.63) is 41.2 Å². The molecule has 0 aliphatic carbocycles. The summed E-state index contributed by atoms with van der Waals surface area (Å²) in [7, 11) is 0. The van der Waals surface area contributed by atoms with E-state index in [0.717, 1.165) is 5.56 Å². The summed E-state index contributed by atoms with van der Waals surface area (Å²) in [5, 5.41) is 0. The molecule has 0 aliphatic rings. The lowest BCUT2D eigenvalue weighted by molar-refractivity contribution is -0.117. The lowest BCUT2D eigenvalue weighted by Gasteiger charge is -1.97. The molecule has 14 heavy (non-hydrogen) atoms. The van der Waals surface area contributed by atoms with Gasteiger partial charge in [-0.15, -0.1) is 0 Å². The van der Waals surface area contributed by atoms with E-state index in [2.05, 4.69) is 0 Å². The van der Waals surface area contributed by atoms with Gasteiger partial charge in [0.05, 0.1) is 0 Å². The van der Waals surface area contributed by atoms with Gasteiger partial charge in [-0.25, -0.2) is 4.39 Å². The maximum absolute atomic E-state index is 12.9. The third-order valence-corrected chi connectivity index (χ3v) is 1.81. The van der Waals surface area contributed by atoms with Crippen molar-refractivity contribution in [1.29, 1.82) is 0 Å².